The van der Waals surface area contributed by atoms with Gasteiger partial charge in [0, 0.05) is 44.0 Å². The molecule has 2 fully saturated rings. The number of anilines is 4. The molecule has 2 aromatic carbocycles. The van der Waals surface area contributed by atoms with Gasteiger partial charge in [0.15, 0.2) is 0 Å². The summed E-state index contributed by atoms with van der Waals surface area (Å²) in [6.07, 6.45) is 6.61. The third-order valence-corrected chi connectivity index (χ3v) is 9.21. The molecule has 5 heterocycles. The molecule has 2 aromatic heterocycles. The lowest BCUT2D eigenvalue weighted by Gasteiger charge is -2.54. The van der Waals surface area contributed by atoms with Crippen LogP contribution in [-0.2, 0) is 17.8 Å². The number of ether oxygens (including phenoxy) is 1. The van der Waals surface area contributed by atoms with Gasteiger partial charge in [0.05, 0.1) is 40.7 Å². The molecule has 7 rings (SSSR count). The van der Waals surface area contributed by atoms with E-state index in [-0.39, 0.29) is 23.1 Å². The summed E-state index contributed by atoms with van der Waals surface area (Å²) < 4.78 is 23.5. The Labute approximate surface area is 254 Å². The van der Waals surface area contributed by atoms with Crippen molar-refractivity contribution < 1.29 is 13.9 Å². The summed E-state index contributed by atoms with van der Waals surface area (Å²) in [6, 6.07) is 8.20. The number of methoxy groups -OCH3 is 1. The van der Waals surface area contributed by atoms with Gasteiger partial charge in [0.2, 0.25) is 11.9 Å². The highest BCUT2D eigenvalue weighted by molar-refractivity contribution is 6.02. The van der Waals surface area contributed by atoms with Gasteiger partial charge in [-0.1, -0.05) is 13.5 Å². The zero-order valence-electron chi connectivity index (χ0n) is 24.9. The van der Waals surface area contributed by atoms with E-state index >= 15 is 0 Å². The van der Waals surface area contributed by atoms with E-state index in [2.05, 4.69) is 43.9 Å². The number of benzene rings is 2. The van der Waals surface area contributed by atoms with Crippen LogP contribution in [0, 0.1) is 5.82 Å². The first-order valence-corrected chi connectivity index (χ1v) is 15.0. The van der Waals surface area contributed by atoms with Crippen molar-refractivity contribution in [3.63, 3.8) is 0 Å². The van der Waals surface area contributed by atoms with Crippen LogP contribution in [0.2, 0.25) is 0 Å². The number of hydrogen-bond donors (Lipinski definition) is 2. The van der Waals surface area contributed by atoms with Crippen LogP contribution in [0.4, 0.5) is 27.4 Å². The number of hydrogen-bond acceptors (Lipinski definition) is 8. The molecule has 11 nitrogen and oxygen atoms in total. The Hall–Kier alpha value is -4.71. The molecule has 0 aliphatic carbocycles. The lowest BCUT2D eigenvalue weighted by molar-refractivity contribution is -0.111. The van der Waals surface area contributed by atoms with Gasteiger partial charge in [0.25, 0.3) is 0 Å². The number of carbonyl (C=O) groups is 1. The van der Waals surface area contributed by atoms with Crippen molar-refractivity contribution in [2.45, 2.75) is 44.7 Å². The highest BCUT2D eigenvalue weighted by atomic mass is 19.1. The number of likely N-dealkylation sites (tertiary alicyclic amines) is 1. The van der Waals surface area contributed by atoms with E-state index in [1.807, 2.05) is 6.07 Å². The Bertz CT molecular complexity index is 1860. The highest BCUT2D eigenvalue weighted by Crippen LogP contribution is 2.45. The normalized spacial score (nSPS) is 17.1. The van der Waals surface area contributed by atoms with Gasteiger partial charge in [-0.3, -0.25) is 14.3 Å². The summed E-state index contributed by atoms with van der Waals surface area (Å²) in [7, 11) is 1.58. The molecular formula is C32H35FN8O3. The average Bonchev–Trinajstić information content (AvgIpc) is 3.56. The van der Waals surface area contributed by atoms with Crippen LogP contribution in [0.3, 0.4) is 0 Å². The van der Waals surface area contributed by atoms with Crippen LogP contribution in [0.5, 0.6) is 5.75 Å². The van der Waals surface area contributed by atoms with E-state index in [9.17, 15) is 14.0 Å². The smallest absolute Gasteiger partial charge is 0.334 e. The lowest BCUT2D eigenvalue weighted by atomic mass is 9.86. The van der Waals surface area contributed by atoms with Gasteiger partial charge >= 0.3 is 5.69 Å². The third kappa shape index (κ3) is 4.52. The molecule has 0 saturated carbocycles. The van der Waals surface area contributed by atoms with Gasteiger partial charge in [-0.15, -0.1) is 0 Å². The molecule has 44 heavy (non-hydrogen) atoms. The van der Waals surface area contributed by atoms with E-state index < -0.39 is 5.82 Å². The number of halogens is 1. The number of nitrogens with one attached hydrogen (secondary N) is 2. The fourth-order valence-corrected chi connectivity index (χ4v) is 7.20. The fourth-order valence-electron chi connectivity index (χ4n) is 7.20. The van der Waals surface area contributed by atoms with E-state index in [0.717, 1.165) is 55.8 Å². The van der Waals surface area contributed by atoms with Gasteiger partial charge < -0.3 is 20.3 Å². The summed E-state index contributed by atoms with van der Waals surface area (Å²) in [5.74, 6) is 0.341. The maximum absolute atomic E-state index is 14.6. The average molecular weight is 599 g/mol. The number of imidazole rings is 1. The zero-order chi connectivity index (χ0) is 30.6. The molecule has 3 aliphatic rings. The number of amides is 1. The molecule has 228 valence electrons. The predicted octanol–water partition coefficient (Wildman–Crippen LogP) is 4.22. The second kappa shape index (κ2) is 10.8. The van der Waals surface area contributed by atoms with Gasteiger partial charge in [-0.2, -0.15) is 4.98 Å². The summed E-state index contributed by atoms with van der Waals surface area (Å²) in [5.41, 5.74) is 3.90. The second-order valence-electron chi connectivity index (χ2n) is 11.7. The molecule has 2 N–H and O–H groups in total. The molecule has 12 heteroatoms. The first kappa shape index (κ1) is 28.1. The predicted molar refractivity (Wildman–Crippen MR) is 168 cm³/mol. The van der Waals surface area contributed by atoms with Gasteiger partial charge in [-0.25, -0.2) is 18.7 Å². The van der Waals surface area contributed by atoms with Crippen LogP contribution < -0.4 is 26.0 Å². The third-order valence-electron chi connectivity index (χ3n) is 9.21. The molecule has 0 bridgehead atoms. The highest BCUT2D eigenvalue weighted by Gasteiger charge is 2.50. The van der Waals surface area contributed by atoms with Crippen LogP contribution in [0.15, 0.2) is 54.0 Å². The van der Waals surface area contributed by atoms with Crippen LogP contribution in [-0.4, -0.2) is 68.7 Å². The Balaban J connectivity index is 1.24. The van der Waals surface area contributed by atoms with E-state index in [4.69, 9.17) is 4.74 Å². The van der Waals surface area contributed by atoms with Gasteiger partial charge in [-0.05, 0) is 62.5 Å². The first-order chi connectivity index (χ1) is 21.3. The molecular weight excluding hydrogens is 563 g/mol. The van der Waals surface area contributed by atoms with Crippen molar-refractivity contribution in [1.82, 2.24) is 24.0 Å². The quantitative estimate of drug-likeness (QED) is 0.290. The number of aryl methyl sites for hydroxylation is 2. The summed E-state index contributed by atoms with van der Waals surface area (Å²) in [4.78, 5) is 39.8. The van der Waals surface area contributed by atoms with Crippen LogP contribution in [0.1, 0.15) is 31.7 Å². The molecule has 1 amide bonds. The Kier molecular flexibility index (Phi) is 6.88. The second-order valence-corrected chi connectivity index (χ2v) is 11.7. The minimum Gasteiger partial charge on any atom is -0.494 e. The largest absolute Gasteiger partial charge is 0.494 e. The SMILES string of the molecule is C=CC(=O)Nc1cc(Nc2nccc(-n3c(=O)n4c5c(cc(F)cc53)CCC4)n2)c(OC)cc1N1CC2(CCCN2CC)C1. The van der Waals surface area contributed by atoms with Crippen LogP contribution in [0.25, 0.3) is 16.9 Å². The molecule has 1 spiro atoms. The summed E-state index contributed by atoms with van der Waals surface area (Å²) in [6.45, 7) is 10.2. The van der Waals surface area contributed by atoms with E-state index in [1.165, 1.54) is 29.2 Å². The summed E-state index contributed by atoms with van der Waals surface area (Å²) >= 11 is 0. The number of aromatic nitrogens is 4. The summed E-state index contributed by atoms with van der Waals surface area (Å²) in [5, 5.41) is 6.16. The Morgan fingerprint density at radius 2 is 2.02 bits per heavy atom. The standard InChI is InChI=1S/C32H35FN8O3/c1-4-28(42)35-22-16-23(26(44-3)17-24(22)38-18-32(19-38)10-7-12-39(32)5-2)36-30-34-11-9-27(37-30)41-25-15-21(33)14-20-8-6-13-40(29(20)25)31(41)43/h4,9,11,14-17H,1,5-8,10,12-13,18-19H2,2-3H3,(H,35,42)(H,34,36,37). The molecule has 0 unspecified atom stereocenters. The van der Waals surface area contributed by atoms with E-state index in [1.54, 1.807) is 30.0 Å². The number of nitrogens with zero attached hydrogens (tertiary/aromatic N) is 6. The lowest BCUT2D eigenvalue weighted by Crippen LogP contribution is -2.68. The number of carbonyl (C=O) groups excluding carboxylic acids is 1. The van der Waals surface area contributed by atoms with E-state index in [0.29, 0.717) is 41.4 Å². The number of likely N-dealkylation sites (N-methyl/N-ethyl adjacent to an activating group) is 1. The minimum absolute atomic E-state index is 0.164. The molecule has 0 atom stereocenters. The molecule has 2 saturated heterocycles. The van der Waals surface area contributed by atoms with Crippen molar-refractivity contribution in [1.29, 1.82) is 0 Å². The van der Waals surface area contributed by atoms with Crippen LogP contribution >= 0.6 is 0 Å². The minimum atomic E-state index is -0.393. The van der Waals surface area contributed by atoms with Crippen molar-refractivity contribution >= 4 is 40.0 Å². The van der Waals surface area contributed by atoms with Crippen molar-refractivity contribution in [2.24, 2.45) is 0 Å². The maximum atomic E-state index is 14.6. The monoisotopic (exact) mass is 598 g/mol. The molecule has 4 aromatic rings. The van der Waals surface area contributed by atoms with Crippen molar-refractivity contribution in [3.05, 3.63) is 71.0 Å². The van der Waals surface area contributed by atoms with Crippen molar-refractivity contribution in [3.8, 4) is 11.6 Å². The zero-order valence-corrected chi connectivity index (χ0v) is 24.9. The Morgan fingerprint density at radius 1 is 1.18 bits per heavy atom. The Morgan fingerprint density at radius 3 is 2.80 bits per heavy atom. The topological polar surface area (TPSA) is 110 Å². The molecule has 3 aliphatic heterocycles. The van der Waals surface area contributed by atoms with Gasteiger partial charge in [0.1, 0.15) is 17.4 Å². The number of rotatable bonds is 8. The molecule has 0 radical (unpaired) electrons. The first-order valence-electron chi connectivity index (χ1n) is 15.0. The fraction of sp³-hybridized carbons (Fsp3) is 0.375. The maximum Gasteiger partial charge on any atom is 0.334 e. The van der Waals surface area contributed by atoms with Crippen molar-refractivity contribution in [2.75, 3.05) is 48.8 Å².